The molecular formula is C17H20F2N4O. The highest BCUT2D eigenvalue weighted by Crippen LogP contribution is 2.29. The number of amides is 1. The van der Waals surface area contributed by atoms with Gasteiger partial charge in [0, 0.05) is 38.7 Å². The first kappa shape index (κ1) is 16.6. The van der Waals surface area contributed by atoms with Gasteiger partial charge in [0.1, 0.15) is 11.6 Å². The second-order valence-electron chi connectivity index (χ2n) is 6.35. The van der Waals surface area contributed by atoms with E-state index in [9.17, 15) is 13.6 Å². The first-order valence-corrected chi connectivity index (χ1v) is 7.87. The van der Waals surface area contributed by atoms with E-state index in [2.05, 4.69) is 15.1 Å². The van der Waals surface area contributed by atoms with Gasteiger partial charge in [-0.1, -0.05) is 0 Å². The summed E-state index contributed by atoms with van der Waals surface area (Å²) in [5, 5.41) is 6.93. The Bertz CT molecular complexity index is 744. The molecule has 1 fully saturated rings. The van der Waals surface area contributed by atoms with Crippen molar-refractivity contribution in [2.24, 2.45) is 0 Å². The summed E-state index contributed by atoms with van der Waals surface area (Å²) in [6.07, 6.45) is 2.39. The third-order valence-electron chi connectivity index (χ3n) is 4.39. The fourth-order valence-electron chi connectivity index (χ4n) is 3.14. The number of hydrogen-bond acceptors (Lipinski definition) is 3. The van der Waals surface area contributed by atoms with Gasteiger partial charge in [0.05, 0.1) is 17.5 Å². The molecular weight excluding hydrogens is 314 g/mol. The molecule has 1 aromatic carbocycles. The molecule has 24 heavy (non-hydrogen) atoms. The van der Waals surface area contributed by atoms with Crippen molar-refractivity contribution < 1.29 is 13.6 Å². The van der Waals surface area contributed by atoms with Gasteiger partial charge >= 0.3 is 0 Å². The Morgan fingerprint density at radius 1 is 1.42 bits per heavy atom. The molecule has 1 N–H and O–H groups in total. The quantitative estimate of drug-likeness (QED) is 0.934. The van der Waals surface area contributed by atoms with Crippen molar-refractivity contribution in [2.75, 3.05) is 27.2 Å². The second-order valence-corrected chi connectivity index (χ2v) is 6.35. The Hall–Kier alpha value is -2.28. The zero-order valence-electron chi connectivity index (χ0n) is 13.7. The third kappa shape index (κ3) is 3.31. The van der Waals surface area contributed by atoms with Crippen LogP contribution in [0.4, 0.5) is 8.78 Å². The molecule has 0 bridgehead atoms. The first-order chi connectivity index (χ1) is 11.5. The molecule has 0 radical (unpaired) electrons. The molecule has 1 amide bonds. The van der Waals surface area contributed by atoms with Crippen molar-refractivity contribution in [1.29, 1.82) is 0 Å². The molecule has 128 valence electrons. The number of nitrogens with one attached hydrogen (secondary N) is 1. The Labute approximate surface area is 139 Å². The maximum atomic E-state index is 13.8. The average molecular weight is 334 g/mol. The van der Waals surface area contributed by atoms with E-state index in [4.69, 9.17) is 0 Å². The molecule has 5 nitrogen and oxygen atoms in total. The summed E-state index contributed by atoms with van der Waals surface area (Å²) in [6, 6.07) is 3.51. The van der Waals surface area contributed by atoms with Crippen molar-refractivity contribution >= 4 is 5.91 Å². The van der Waals surface area contributed by atoms with Gasteiger partial charge in [-0.15, -0.1) is 0 Å². The van der Waals surface area contributed by atoms with E-state index in [1.54, 1.807) is 20.3 Å². The molecule has 1 aliphatic rings. The standard InChI is InChI=1S/C17H20F2N4O/c1-22(2)17(24)14-8-20-21-16(14)11-5-6-23(9-11)10-12-7-13(18)3-4-15(12)19/h3-4,7-8,11H,5-6,9-10H2,1-2H3,(H,20,21). The molecule has 2 aromatic rings. The number of carbonyl (C=O) groups is 1. The lowest BCUT2D eigenvalue weighted by molar-refractivity contribution is 0.0826. The number of nitrogens with zero attached hydrogens (tertiary/aromatic N) is 3. The number of rotatable bonds is 4. The molecule has 3 rings (SSSR count). The van der Waals surface area contributed by atoms with Crippen molar-refractivity contribution in [2.45, 2.75) is 18.9 Å². The summed E-state index contributed by atoms with van der Waals surface area (Å²) < 4.78 is 27.1. The van der Waals surface area contributed by atoms with Gasteiger partial charge in [0.25, 0.3) is 5.91 Å². The number of halogens is 2. The zero-order valence-corrected chi connectivity index (χ0v) is 13.7. The Morgan fingerprint density at radius 2 is 2.21 bits per heavy atom. The highest BCUT2D eigenvalue weighted by atomic mass is 19.1. The van der Waals surface area contributed by atoms with Gasteiger partial charge < -0.3 is 4.90 Å². The van der Waals surface area contributed by atoms with E-state index in [1.165, 1.54) is 11.0 Å². The largest absolute Gasteiger partial charge is 0.345 e. The molecule has 1 aliphatic heterocycles. The minimum absolute atomic E-state index is 0.0895. The minimum atomic E-state index is -0.436. The first-order valence-electron chi connectivity index (χ1n) is 7.87. The van der Waals surface area contributed by atoms with Gasteiger partial charge in [-0.2, -0.15) is 5.10 Å². The lowest BCUT2D eigenvalue weighted by atomic mass is 10.0. The van der Waals surface area contributed by atoms with Crippen molar-refractivity contribution in [3.05, 3.63) is 52.9 Å². The van der Waals surface area contributed by atoms with E-state index in [0.29, 0.717) is 24.2 Å². The lowest BCUT2D eigenvalue weighted by Gasteiger charge is -2.17. The van der Waals surface area contributed by atoms with Crippen LogP contribution in [0.25, 0.3) is 0 Å². The molecule has 1 unspecified atom stereocenters. The lowest BCUT2D eigenvalue weighted by Crippen LogP contribution is -2.24. The maximum Gasteiger partial charge on any atom is 0.256 e. The molecule has 1 atom stereocenters. The smallest absolute Gasteiger partial charge is 0.256 e. The van der Waals surface area contributed by atoms with Crippen LogP contribution in [0.15, 0.2) is 24.4 Å². The van der Waals surface area contributed by atoms with Crippen LogP contribution in [0.3, 0.4) is 0 Å². The van der Waals surface area contributed by atoms with Crippen LogP contribution in [-0.4, -0.2) is 53.1 Å². The van der Waals surface area contributed by atoms with Crippen LogP contribution in [0.5, 0.6) is 0 Å². The number of hydrogen-bond donors (Lipinski definition) is 1. The fraction of sp³-hybridized carbons (Fsp3) is 0.412. The van der Waals surface area contributed by atoms with E-state index in [1.807, 2.05) is 0 Å². The predicted molar refractivity (Wildman–Crippen MR) is 85.6 cm³/mol. The summed E-state index contributed by atoms with van der Waals surface area (Å²) in [6.45, 7) is 1.78. The molecule has 2 heterocycles. The molecule has 1 aromatic heterocycles. The normalized spacial score (nSPS) is 18.1. The summed E-state index contributed by atoms with van der Waals surface area (Å²) >= 11 is 0. The van der Waals surface area contributed by atoms with Gasteiger partial charge in [0.2, 0.25) is 0 Å². The van der Waals surface area contributed by atoms with E-state index in [-0.39, 0.29) is 11.8 Å². The van der Waals surface area contributed by atoms with Gasteiger partial charge in [0.15, 0.2) is 0 Å². The van der Waals surface area contributed by atoms with Crippen LogP contribution in [0, 0.1) is 11.6 Å². The number of likely N-dealkylation sites (tertiary alicyclic amines) is 1. The van der Waals surface area contributed by atoms with Crippen LogP contribution < -0.4 is 0 Å². The fourth-order valence-corrected chi connectivity index (χ4v) is 3.14. The van der Waals surface area contributed by atoms with Crippen LogP contribution in [-0.2, 0) is 6.54 Å². The highest BCUT2D eigenvalue weighted by molar-refractivity contribution is 5.94. The number of aromatic amines is 1. The SMILES string of the molecule is CN(C)C(=O)c1cn[nH]c1C1CCN(Cc2cc(F)ccc2F)C1. The third-order valence-corrected chi connectivity index (χ3v) is 4.39. The molecule has 0 saturated carbocycles. The van der Waals surface area contributed by atoms with E-state index in [0.717, 1.165) is 30.8 Å². The average Bonchev–Trinajstić information content (AvgIpc) is 3.18. The van der Waals surface area contributed by atoms with Crippen LogP contribution in [0.1, 0.15) is 34.0 Å². The molecule has 0 spiro atoms. The number of aromatic nitrogens is 2. The summed E-state index contributed by atoms with van der Waals surface area (Å²) in [5.74, 6) is -0.796. The van der Waals surface area contributed by atoms with Crippen LogP contribution >= 0.6 is 0 Å². The van der Waals surface area contributed by atoms with Gasteiger partial charge in [-0.05, 0) is 31.2 Å². The number of H-pyrrole nitrogens is 1. The van der Waals surface area contributed by atoms with Crippen molar-refractivity contribution in [3.8, 4) is 0 Å². The van der Waals surface area contributed by atoms with Crippen LogP contribution in [0.2, 0.25) is 0 Å². The van der Waals surface area contributed by atoms with Crippen molar-refractivity contribution in [1.82, 2.24) is 20.0 Å². The minimum Gasteiger partial charge on any atom is -0.345 e. The Kier molecular flexibility index (Phi) is 4.62. The topological polar surface area (TPSA) is 52.2 Å². The molecule has 0 aliphatic carbocycles. The zero-order chi connectivity index (χ0) is 17.3. The summed E-state index contributed by atoms with van der Waals surface area (Å²) in [4.78, 5) is 15.8. The van der Waals surface area contributed by atoms with Gasteiger partial charge in [-0.3, -0.25) is 14.8 Å². The number of carbonyl (C=O) groups excluding carboxylic acids is 1. The van der Waals surface area contributed by atoms with E-state index >= 15 is 0 Å². The van der Waals surface area contributed by atoms with E-state index < -0.39 is 11.6 Å². The Balaban J connectivity index is 1.71. The monoisotopic (exact) mass is 334 g/mol. The van der Waals surface area contributed by atoms with Gasteiger partial charge in [-0.25, -0.2) is 8.78 Å². The maximum absolute atomic E-state index is 13.8. The molecule has 1 saturated heterocycles. The molecule has 7 heteroatoms. The summed E-state index contributed by atoms with van der Waals surface area (Å²) in [7, 11) is 3.40. The Morgan fingerprint density at radius 3 is 2.96 bits per heavy atom. The predicted octanol–water partition coefficient (Wildman–Crippen LogP) is 2.38. The second kappa shape index (κ2) is 6.68. The number of benzene rings is 1. The highest BCUT2D eigenvalue weighted by Gasteiger charge is 2.29. The summed E-state index contributed by atoms with van der Waals surface area (Å²) in [5.41, 5.74) is 1.74. The van der Waals surface area contributed by atoms with Crippen molar-refractivity contribution in [3.63, 3.8) is 0 Å².